The van der Waals surface area contributed by atoms with Gasteiger partial charge >= 0.3 is 0 Å². The Labute approximate surface area is 107 Å². The lowest BCUT2D eigenvalue weighted by Gasteiger charge is -2.20. The molecule has 0 aliphatic heterocycles. The lowest BCUT2D eigenvalue weighted by molar-refractivity contribution is 0.348. The van der Waals surface area contributed by atoms with Gasteiger partial charge < -0.3 is 15.2 Å². The molecule has 3 nitrogen and oxygen atoms in total. The normalized spacial score (nSPS) is 19.4. The maximum absolute atomic E-state index is 6.30. The second-order valence-corrected chi connectivity index (χ2v) is 4.75. The molecule has 0 saturated carbocycles. The Kier molecular flexibility index (Phi) is 3.79. The Hall–Kier alpha value is -0.930. The van der Waals surface area contributed by atoms with Crippen molar-refractivity contribution in [2.45, 2.75) is 31.7 Å². The predicted molar refractivity (Wildman–Crippen MR) is 69.0 cm³/mol. The summed E-state index contributed by atoms with van der Waals surface area (Å²) in [5.74, 6) is 1.40. The summed E-state index contributed by atoms with van der Waals surface area (Å²) in [6.07, 6.45) is 4.17. The molecule has 1 aromatic rings. The molecule has 17 heavy (non-hydrogen) atoms. The van der Waals surface area contributed by atoms with E-state index in [1.165, 1.54) is 0 Å². The molecular weight excluding hydrogens is 238 g/mol. The summed E-state index contributed by atoms with van der Waals surface area (Å²) in [5.41, 5.74) is 8.36. The molecule has 2 N–H and O–H groups in total. The number of halogens is 1. The van der Waals surface area contributed by atoms with Crippen LogP contribution in [0.25, 0.3) is 0 Å². The standard InChI is InChI=1S/C13H18ClNO2/c1-16-11-7-9(14)8-5-3-4-6-10(15)12(8)13(11)17-2/h7,10H,3-6,15H2,1-2H3/t10-/m0/s1. The van der Waals surface area contributed by atoms with Gasteiger partial charge in [-0.15, -0.1) is 0 Å². The fourth-order valence-electron chi connectivity index (χ4n) is 2.48. The zero-order valence-electron chi connectivity index (χ0n) is 10.3. The molecule has 0 spiro atoms. The van der Waals surface area contributed by atoms with Crippen LogP contribution < -0.4 is 15.2 Å². The van der Waals surface area contributed by atoms with Crippen LogP contribution in [0, 0.1) is 0 Å². The molecule has 0 fully saturated rings. The molecule has 0 amide bonds. The first-order valence-electron chi connectivity index (χ1n) is 5.87. The largest absolute Gasteiger partial charge is 0.493 e. The summed E-state index contributed by atoms with van der Waals surface area (Å²) in [4.78, 5) is 0. The molecule has 1 aliphatic carbocycles. The van der Waals surface area contributed by atoms with Crippen LogP contribution in [-0.2, 0) is 6.42 Å². The number of fused-ring (bicyclic) bond motifs is 1. The second kappa shape index (κ2) is 5.15. The van der Waals surface area contributed by atoms with Gasteiger partial charge in [-0.3, -0.25) is 0 Å². The highest BCUT2D eigenvalue weighted by atomic mass is 35.5. The average molecular weight is 256 g/mol. The third-order valence-corrected chi connectivity index (χ3v) is 3.66. The summed E-state index contributed by atoms with van der Waals surface area (Å²) < 4.78 is 10.8. The molecule has 0 heterocycles. The number of hydrogen-bond acceptors (Lipinski definition) is 3. The van der Waals surface area contributed by atoms with Gasteiger partial charge in [0.25, 0.3) is 0 Å². The topological polar surface area (TPSA) is 44.5 Å². The van der Waals surface area contributed by atoms with E-state index >= 15 is 0 Å². The molecule has 1 aliphatic rings. The lowest BCUT2D eigenvalue weighted by atomic mass is 9.97. The molecule has 4 heteroatoms. The first kappa shape index (κ1) is 12.5. The van der Waals surface area contributed by atoms with Crippen LogP contribution in [0.15, 0.2) is 6.07 Å². The summed E-state index contributed by atoms with van der Waals surface area (Å²) >= 11 is 6.30. The average Bonchev–Trinajstić information content (AvgIpc) is 2.52. The summed E-state index contributed by atoms with van der Waals surface area (Å²) in [6, 6.07) is 1.80. The molecule has 0 unspecified atom stereocenters. The van der Waals surface area contributed by atoms with E-state index in [0.717, 1.165) is 47.6 Å². The highest BCUT2D eigenvalue weighted by molar-refractivity contribution is 6.31. The molecule has 0 radical (unpaired) electrons. The van der Waals surface area contributed by atoms with Gasteiger partial charge in [0.15, 0.2) is 11.5 Å². The van der Waals surface area contributed by atoms with Crippen molar-refractivity contribution in [3.8, 4) is 11.5 Å². The monoisotopic (exact) mass is 255 g/mol. The maximum Gasteiger partial charge on any atom is 0.165 e. The number of benzene rings is 1. The van der Waals surface area contributed by atoms with Gasteiger partial charge in [-0.05, 0) is 24.8 Å². The Balaban J connectivity index is 2.64. The fraction of sp³-hybridized carbons (Fsp3) is 0.538. The van der Waals surface area contributed by atoms with E-state index < -0.39 is 0 Å². The molecule has 0 aromatic heterocycles. The van der Waals surface area contributed by atoms with Gasteiger partial charge in [-0.1, -0.05) is 18.0 Å². The van der Waals surface area contributed by atoms with Gasteiger partial charge in [-0.2, -0.15) is 0 Å². The van der Waals surface area contributed by atoms with E-state index in [1.807, 2.05) is 6.07 Å². The Morgan fingerprint density at radius 3 is 2.71 bits per heavy atom. The molecule has 0 bridgehead atoms. The van der Waals surface area contributed by atoms with Crippen molar-refractivity contribution in [3.05, 3.63) is 22.2 Å². The van der Waals surface area contributed by atoms with E-state index in [1.54, 1.807) is 14.2 Å². The number of nitrogens with two attached hydrogens (primary N) is 1. The predicted octanol–water partition coefficient (Wildman–Crippen LogP) is 3.08. The highest BCUT2D eigenvalue weighted by Gasteiger charge is 2.25. The molecule has 1 atom stereocenters. The molecular formula is C13H18ClNO2. The molecule has 0 saturated heterocycles. The zero-order valence-corrected chi connectivity index (χ0v) is 11.0. The smallest absolute Gasteiger partial charge is 0.165 e. The minimum absolute atomic E-state index is 0.0185. The van der Waals surface area contributed by atoms with E-state index in [-0.39, 0.29) is 6.04 Å². The molecule has 1 aromatic carbocycles. The highest BCUT2D eigenvalue weighted by Crippen LogP contribution is 2.43. The van der Waals surface area contributed by atoms with E-state index in [2.05, 4.69) is 0 Å². The van der Waals surface area contributed by atoms with Crippen LogP contribution in [0.5, 0.6) is 11.5 Å². The first-order chi connectivity index (χ1) is 8.19. The lowest BCUT2D eigenvalue weighted by Crippen LogP contribution is -2.13. The van der Waals surface area contributed by atoms with Crippen molar-refractivity contribution in [1.29, 1.82) is 0 Å². The molecule has 2 rings (SSSR count). The quantitative estimate of drug-likeness (QED) is 0.826. The number of ether oxygens (including phenoxy) is 2. The summed E-state index contributed by atoms with van der Waals surface area (Å²) in [6.45, 7) is 0. The van der Waals surface area contributed by atoms with Crippen LogP contribution >= 0.6 is 11.6 Å². The molecule has 94 valence electrons. The first-order valence-corrected chi connectivity index (χ1v) is 6.25. The Bertz CT molecular complexity index is 420. The third-order valence-electron chi connectivity index (χ3n) is 3.33. The zero-order chi connectivity index (χ0) is 12.4. The Morgan fingerprint density at radius 2 is 2.06 bits per heavy atom. The van der Waals surface area contributed by atoms with Crippen molar-refractivity contribution < 1.29 is 9.47 Å². The van der Waals surface area contributed by atoms with E-state index in [0.29, 0.717) is 5.75 Å². The number of rotatable bonds is 2. The van der Waals surface area contributed by atoms with Gasteiger partial charge in [0.05, 0.1) is 14.2 Å². The van der Waals surface area contributed by atoms with Crippen molar-refractivity contribution in [3.63, 3.8) is 0 Å². The second-order valence-electron chi connectivity index (χ2n) is 4.34. The Morgan fingerprint density at radius 1 is 1.29 bits per heavy atom. The minimum atomic E-state index is -0.0185. The number of methoxy groups -OCH3 is 2. The maximum atomic E-state index is 6.30. The van der Waals surface area contributed by atoms with Gasteiger partial charge in [-0.25, -0.2) is 0 Å². The van der Waals surface area contributed by atoms with Crippen molar-refractivity contribution in [2.75, 3.05) is 14.2 Å². The van der Waals surface area contributed by atoms with Crippen molar-refractivity contribution >= 4 is 11.6 Å². The van der Waals surface area contributed by atoms with E-state index in [4.69, 9.17) is 26.8 Å². The number of hydrogen-bond donors (Lipinski definition) is 1. The van der Waals surface area contributed by atoms with Gasteiger partial charge in [0.1, 0.15) is 0 Å². The van der Waals surface area contributed by atoms with Crippen LogP contribution in [0.2, 0.25) is 5.02 Å². The van der Waals surface area contributed by atoms with Crippen LogP contribution in [0.4, 0.5) is 0 Å². The van der Waals surface area contributed by atoms with Gasteiger partial charge in [0.2, 0.25) is 0 Å². The van der Waals surface area contributed by atoms with Crippen molar-refractivity contribution in [1.82, 2.24) is 0 Å². The van der Waals surface area contributed by atoms with Gasteiger partial charge in [0, 0.05) is 22.7 Å². The van der Waals surface area contributed by atoms with Crippen LogP contribution in [-0.4, -0.2) is 14.2 Å². The minimum Gasteiger partial charge on any atom is -0.493 e. The third kappa shape index (κ3) is 2.22. The van der Waals surface area contributed by atoms with Crippen LogP contribution in [0.1, 0.15) is 36.4 Å². The van der Waals surface area contributed by atoms with Crippen LogP contribution in [0.3, 0.4) is 0 Å². The fourth-order valence-corrected chi connectivity index (χ4v) is 2.78. The summed E-state index contributed by atoms with van der Waals surface area (Å²) in [7, 11) is 3.26. The summed E-state index contributed by atoms with van der Waals surface area (Å²) in [5, 5.41) is 0.731. The SMILES string of the molecule is COc1cc(Cl)c2c(c1OC)[C@@H](N)CCCC2. The van der Waals surface area contributed by atoms with Crippen molar-refractivity contribution in [2.24, 2.45) is 5.73 Å². The van der Waals surface area contributed by atoms with E-state index in [9.17, 15) is 0 Å².